The summed E-state index contributed by atoms with van der Waals surface area (Å²) in [5.74, 6) is -1.76. The zero-order valence-corrected chi connectivity index (χ0v) is 15.6. The highest BCUT2D eigenvalue weighted by Gasteiger charge is 2.51. The maximum absolute atomic E-state index is 12.2. The van der Waals surface area contributed by atoms with E-state index in [-0.39, 0.29) is 30.4 Å². The van der Waals surface area contributed by atoms with E-state index in [1.807, 2.05) is 13.8 Å². The van der Waals surface area contributed by atoms with Crippen molar-refractivity contribution >= 4 is 17.8 Å². The standard InChI is InChI=1S/C17H32N4O4/c1-5-10(6-2)14(20-9(4)22)13-12(21-17(18)19)8-11(15(13)23)16(24)25-7-3/h10-15,23H,5-8H2,1-4H3,(H,20,22)(H4,18,19,21)/t11-,12+,13+,14?,15?/m0/s1. The van der Waals surface area contributed by atoms with Gasteiger partial charge in [-0.2, -0.15) is 0 Å². The van der Waals surface area contributed by atoms with Crippen LogP contribution in [0.1, 0.15) is 47.0 Å². The minimum Gasteiger partial charge on any atom is -0.466 e. The molecule has 1 saturated carbocycles. The molecular weight excluding hydrogens is 324 g/mol. The number of hydrogen-bond acceptors (Lipinski definition) is 5. The number of guanidine groups is 1. The number of ether oxygens (including phenoxy) is 1. The predicted octanol–water partition coefficient (Wildman–Crippen LogP) is 0.129. The number of esters is 1. The van der Waals surface area contributed by atoms with Gasteiger partial charge >= 0.3 is 5.97 Å². The van der Waals surface area contributed by atoms with E-state index in [0.29, 0.717) is 6.42 Å². The Balaban J connectivity index is 3.23. The van der Waals surface area contributed by atoms with Gasteiger partial charge in [-0.15, -0.1) is 0 Å². The van der Waals surface area contributed by atoms with Crippen LogP contribution < -0.4 is 16.8 Å². The highest BCUT2D eigenvalue weighted by molar-refractivity contribution is 5.77. The summed E-state index contributed by atoms with van der Waals surface area (Å²) in [6.45, 7) is 7.45. The van der Waals surface area contributed by atoms with Crippen LogP contribution in [0.25, 0.3) is 0 Å². The van der Waals surface area contributed by atoms with E-state index >= 15 is 0 Å². The van der Waals surface area contributed by atoms with Crippen LogP contribution in [0.2, 0.25) is 0 Å². The molecule has 144 valence electrons. The number of aliphatic hydroxyl groups excluding tert-OH is 1. The quantitative estimate of drug-likeness (QED) is 0.277. The Kier molecular flexibility index (Phi) is 8.15. The van der Waals surface area contributed by atoms with Crippen molar-refractivity contribution in [3.05, 3.63) is 0 Å². The molecule has 2 unspecified atom stereocenters. The molecule has 0 aromatic rings. The molecular formula is C17H32N4O4. The summed E-state index contributed by atoms with van der Waals surface area (Å²) in [4.78, 5) is 28.2. The lowest BCUT2D eigenvalue weighted by molar-refractivity contribution is -0.151. The highest BCUT2D eigenvalue weighted by Crippen LogP contribution is 2.40. The van der Waals surface area contributed by atoms with Crippen molar-refractivity contribution in [3.63, 3.8) is 0 Å². The summed E-state index contributed by atoms with van der Waals surface area (Å²) in [5.41, 5.74) is 11.1. The van der Waals surface area contributed by atoms with Gasteiger partial charge in [0.25, 0.3) is 0 Å². The first kappa shape index (κ1) is 21.2. The summed E-state index contributed by atoms with van der Waals surface area (Å²) in [7, 11) is 0. The molecule has 1 aliphatic carbocycles. The monoisotopic (exact) mass is 356 g/mol. The second-order valence-corrected chi connectivity index (χ2v) is 6.59. The molecule has 0 spiro atoms. The third kappa shape index (κ3) is 5.32. The normalized spacial score (nSPS) is 27.0. The van der Waals surface area contributed by atoms with E-state index in [9.17, 15) is 14.7 Å². The molecule has 8 nitrogen and oxygen atoms in total. The minimum atomic E-state index is -0.982. The molecule has 0 aliphatic heterocycles. The number of carbonyl (C=O) groups is 2. The van der Waals surface area contributed by atoms with Gasteiger partial charge in [-0.05, 0) is 19.3 Å². The largest absolute Gasteiger partial charge is 0.466 e. The predicted molar refractivity (Wildman–Crippen MR) is 95.5 cm³/mol. The van der Waals surface area contributed by atoms with Crippen LogP contribution in [-0.2, 0) is 14.3 Å². The number of amides is 1. The molecule has 1 fully saturated rings. The number of carbonyl (C=O) groups excluding carboxylic acids is 2. The van der Waals surface area contributed by atoms with Crippen molar-refractivity contribution in [2.24, 2.45) is 34.2 Å². The summed E-state index contributed by atoms with van der Waals surface area (Å²) >= 11 is 0. The molecule has 1 rings (SSSR count). The molecule has 25 heavy (non-hydrogen) atoms. The molecule has 0 radical (unpaired) electrons. The molecule has 0 aromatic carbocycles. The van der Waals surface area contributed by atoms with Gasteiger partial charge in [0, 0.05) is 18.9 Å². The summed E-state index contributed by atoms with van der Waals surface area (Å²) in [6, 6.07) is -0.776. The number of rotatable bonds is 8. The molecule has 5 atom stereocenters. The van der Waals surface area contributed by atoms with Gasteiger partial charge in [0.1, 0.15) is 0 Å². The lowest BCUT2D eigenvalue weighted by Crippen LogP contribution is -2.51. The molecule has 8 heteroatoms. The van der Waals surface area contributed by atoms with E-state index in [1.165, 1.54) is 6.92 Å². The average molecular weight is 356 g/mol. The Labute approximate surface area is 149 Å². The number of nitrogens with one attached hydrogen (secondary N) is 1. The van der Waals surface area contributed by atoms with Gasteiger partial charge in [0.05, 0.1) is 24.7 Å². The van der Waals surface area contributed by atoms with E-state index < -0.39 is 30.0 Å². The van der Waals surface area contributed by atoms with Gasteiger partial charge < -0.3 is 26.6 Å². The molecule has 0 bridgehead atoms. The van der Waals surface area contributed by atoms with Crippen LogP contribution >= 0.6 is 0 Å². The van der Waals surface area contributed by atoms with Crippen molar-refractivity contribution in [1.29, 1.82) is 0 Å². The minimum absolute atomic E-state index is 0.0992. The maximum Gasteiger partial charge on any atom is 0.311 e. The van der Waals surface area contributed by atoms with Crippen molar-refractivity contribution in [2.75, 3.05) is 6.61 Å². The van der Waals surface area contributed by atoms with Gasteiger partial charge in [0.15, 0.2) is 5.96 Å². The van der Waals surface area contributed by atoms with Crippen LogP contribution in [0.5, 0.6) is 0 Å². The lowest BCUT2D eigenvalue weighted by Gasteiger charge is -2.35. The average Bonchev–Trinajstić information content (AvgIpc) is 2.83. The maximum atomic E-state index is 12.2. The topological polar surface area (TPSA) is 140 Å². The van der Waals surface area contributed by atoms with E-state index in [4.69, 9.17) is 16.2 Å². The first-order chi connectivity index (χ1) is 11.8. The van der Waals surface area contributed by atoms with Gasteiger partial charge in [-0.25, -0.2) is 4.99 Å². The third-order valence-electron chi connectivity index (χ3n) is 4.99. The van der Waals surface area contributed by atoms with E-state index in [0.717, 1.165) is 12.8 Å². The number of hydrogen-bond donors (Lipinski definition) is 4. The van der Waals surface area contributed by atoms with Crippen molar-refractivity contribution in [3.8, 4) is 0 Å². The third-order valence-corrected chi connectivity index (χ3v) is 4.99. The first-order valence-electron chi connectivity index (χ1n) is 8.97. The van der Waals surface area contributed by atoms with Gasteiger partial charge in [-0.1, -0.05) is 26.7 Å². The van der Waals surface area contributed by atoms with Crippen LogP contribution in [-0.4, -0.2) is 47.7 Å². The molecule has 1 amide bonds. The molecule has 0 saturated heterocycles. The highest BCUT2D eigenvalue weighted by atomic mass is 16.5. The Morgan fingerprint density at radius 3 is 2.32 bits per heavy atom. The summed E-state index contributed by atoms with van der Waals surface area (Å²) in [6.07, 6.45) is 0.954. The fraction of sp³-hybridized carbons (Fsp3) is 0.824. The van der Waals surface area contributed by atoms with Crippen molar-refractivity contribution in [2.45, 2.75) is 65.1 Å². The second kappa shape index (κ2) is 9.60. The first-order valence-corrected chi connectivity index (χ1v) is 8.97. The van der Waals surface area contributed by atoms with Crippen LogP contribution in [0.15, 0.2) is 4.99 Å². The van der Waals surface area contributed by atoms with Gasteiger partial charge in [0.2, 0.25) is 5.91 Å². The Bertz CT molecular complexity index is 489. The van der Waals surface area contributed by atoms with Crippen molar-refractivity contribution in [1.82, 2.24) is 5.32 Å². The Morgan fingerprint density at radius 1 is 1.28 bits per heavy atom. The van der Waals surface area contributed by atoms with E-state index in [1.54, 1.807) is 6.92 Å². The molecule has 6 N–H and O–H groups in total. The van der Waals surface area contributed by atoms with Crippen LogP contribution in [0, 0.1) is 17.8 Å². The molecule has 1 aliphatic rings. The molecule has 0 aromatic heterocycles. The fourth-order valence-electron chi connectivity index (χ4n) is 3.88. The Hall–Kier alpha value is -1.83. The second-order valence-electron chi connectivity index (χ2n) is 6.59. The Morgan fingerprint density at radius 2 is 1.88 bits per heavy atom. The van der Waals surface area contributed by atoms with E-state index in [2.05, 4.69) is 10.3 Å². The summed E-state index contributed by atoms with van der Waals surface area (Å²) < 4.78 is 5.07. The SMILES string of the molecule is CCOC(=O)[C@H]1C[C@@H](N=C(N)N)[C@H](C(NC(C)=O)C(CC)CC)C1O. The van der Waals surface area contributed by atoms with Crippen LogP contribution in [0.4, 0.5) is 0 Å². The number of aliphatic imine (C=N–C) groups is 1. The zero-order chi connectivity index (χ0) is 19.1. The lowest BCUT2D eigenvalue weighted by atomic mass is 9.80. The zero-order valence-electron chi connectivity index (χ0n) is 15.6. The number of aliphatic hydroxyl groups is 1. The number of nitrogens with two attached hydrogens (primary N) is 2. The fourth-order valence-corrected chi connectivity index (χ4v) is 3.88. The van der Waals surface area contributed by atoms with Gasteiger partial charge in [-0.3, -0.25) is 9.59 Å². The smallest absolute Gasteiger partial charge is 0.311 e. The summed E-state index contributed by atoms with van der Waals surface area (Å²) in [5, 5.41) is 13.8. The number of nitrogens with zero attached hydrogens (tertiary/aromatic N) is 1. The molecule has 0 heterocycles. The van der Waals surface area contributed by atoms with Crippen LogP contribution in [0.3, 0.4) is 0 Å². The van der Waals surface area contributed by atoms with Crippen molar-refractivity contribution < 1.29 is 19.4 Å².